The standard InChI is InChI=1S/C12H7ClN2OS/c13-7-3-4-8-9(6-7)14-11(15-12(8)16)10-2-1-5-17-10/h1-6H,(H,14,15,16). The Morgan fingerprint density at radius 2 is 2.18 bits per heavy atom. The van der Waals surface area contributed by atoms with E-state index in [1.165, 1.54) is 11.3 Å². The number of thiophene rings is 1. The third-order valence-corrected chi connectivity index (χ3v) is 3.53. The number of rotatable bonds is 1. The molecule has 0 aliphatic carbocycles. The van der Waals surface area contributed by atoms with Gasteiger partial charge < -0.3 is 4.98 Å². The van der Waals surface area contributed by atoms with Crippen molar-refractivity contribution in [3.05, 3.63) is 51.1 Å². The van der Waals surface area contributed by atoms with Crippen molar-refractivity contribution in [3.63, 3.8) is 0 Å². The molecule has 2 aromatic heterocycles. The van der Waals surface area contributed by atoms with E-state index in [0.29, 0.717) is 21.7 Å². The fraction of sp³-hybridized carbons (Fsp3) is 0. The first kappa shape index (κ1) is 10.5. The molecule has 3 nitrogen and oxygen atoms in total. The second-order valence-electron chi connectivity index (χ2n) is 3.55. The molecule has 84 valence electrons. The minimum atomic E-state index is -0.143. The van der Waals surface area contributed by atoms with E-state index in [1.807, 2.05) is 17.5 Å². The fourth-order valence-corrected chi connectivity index (χ4v) is 2.48. The summed E-state index contributed by atoms with van der Waals surface area (Å²) in [5, 5.41) is 3.07. The summed E-state index contributed by atoms with van der Waals surface area (Å²) in [6.45, 7) is 0. The van der Waals surface area contributed by atoms with Gasteiger partial charge >= 0.3 is 0 Å². The SMILES string of the molecule is O=c1[nH]c(-c2cccs2)nc2cc(Cl)ccc12. The molecule has 5 heteroatoms. The molecule has 0 atom stereocenters. The molecule has 0 saturated heterocycles. The predicted molar refractivity (Wildman–Crippen MR) is 70.7 cm³/mol. The van der Waals surface area contributed by atoms with Crippen LogP contribution in [0.3, 0.4) is 0 Å². The predicted octanol–water partition coefficient (Wildman–Crippen LogP) is 3.31. The summed E-state index contributed by atoms with van der Waals surface area (Å²) in [5.41, 5.74) is 0.472. The van der Waals surface area contributed by atoms with E-state index in [2.05, 4.69) is 9.97 Å². The maximum absolute atomic E-state index is 11.9. The van der Waals surface area contributed by atoms with Gasteiger partial charge in [-0.25, -0.2) is 4.98 Å². The number of fused-ring (bicyclic) bond motifs is 1. The highest BCUT2D eigenvalue weighted by Crippen LogP contribution is 2.22. The van der Waals surface area contributed by atoms with Crippen LogP contribution in [0, 0.1) is 0 Å². The first-order valence-corrected chi connectivity index (χ1v) is 6.23. The molecular formula is C12H7ClN2OS. The van der Waals surface area contributed by atoms with Gasteiger partial charge in [0.15, 0.2) is 5.82 Å². The molecule has 3 aromatic rings. The maximum Gasteiger partial charge on any atom is 0.259 e. The lowest BCUT2D eigenvalue weighted by atomic mass is 10.2. The summed E-state index contributed by atoms with van der Waals surface area (Å²) < 4.78 is 0. The molecule has 0 saturated carbocycles. The smallest absolute Gasteiger partial charge is 0.259 e. The molecule has 0 spiro atoms. The summed E-state index contributed by atoms with van der Waals surface area (Å²) in [6, 6.07) is 8.90. The third kappa shape index (κ3) is 1.85. The van der Waals surface area contributed by atoms with Crippen molar-refractivity contribution in [1.82, 2.24) is 9.97 Å². The van der Waals surface area contributed by atoms with Crippen LogP contribution in [0.15, 0.2) is 40.5 Å². The van der Waals surface area contributed by atoms with Crippen molar-refractivity contribution in [3.8, 4) is 10.7 Å². The average molecular weight is 263 g/mol. The van der Waals surface area contributed by atoms with Crippen molar-refractivity contribution in [2.24, 2.45) is 0 Å². The maximum atomic E-state index is 11.9. The van der Waals surface area contributed by atoms with Crippen LogP contribution >= 0.6 is 22.9 Å². The molecule has 0 amide bonds. The van der Waals surface area contributed by atoms with Crippen molar-refractivity contribution in [2.45, 2.75) is 0 Å². The van der Waals surface area contributed by atoms with Gasteiger partial charge in [-0.15, -0.1) is 11.3 Å². The second-order valence-corrected chi connectivity index (χ2v) is 4.94. The molecule has 0 radical (unpaired) electrons. The van der Waals surface area contributed by atoms with Crippen LogP contribution in [0.1, 0.15) is 0 Å². The van der Waals surface area contributed by atoms with E-state index in [9.17, 15) is 4.79 Å². The van der Waals surface area contributed by atoms with Crippen LogP contribution in [0.4, 0.5) is 0 Å². The first-order valence-electron chi connectivity index (χ1n) is 4.97. The van der Waals surface area contributed by atoms with Crippen molar-refractivity contribution >= 4 is 33.8 Å². The Bertz CT molecular complexity index is 734. The topological polar surface area (TPSA) is 45.8 Å². The molecule has 3 rings (SSSR count). The van der Waals surface area contributed by atoms with Crippen molar-refractivity contribution < 1.29 is 0 Å². The lowest BCUT2D eigenvalue weighted by Gasteiger charge is -2.00. The van der Waals surface area contributed by atoms with Crippen LogP contribution in [0.5, 0.6) is 0 Å². The number of hydrogen-bond acceptors (Lipinski definition) is 3. The van der Waals surface area contributed by atoms with E-state index in [0.717, 1.165) is 4.88 Å². The molecular weight excluding hydrogens is 256 g/mol. The van der Waals surface area contributed by atoms with Crippen molar-refractivity contribution in [2.75, 3.05) is 0 Å². The van der Waals surface area contributed by atoms with Gasteiger partial charge in [-0.1, -0.05) is 17.7 Å². The number of nitrogens with zero attached hydrogens (tertiary/aromatic N) is 1. The number of aromatic amines is 1. The largest absolute Gasteiger partial charge is 0.305 e. The van der Waals surface area contributed by atoms with E-state index >= 15 is 0 Å². The Morgan fingerprint density at radius 1 is 1.29 bits per heavy atom. The molecule has 2 heterocycles. The zero-order valence-electron chi connectivity index (χ0n) is 8.61. The molecule has 0 unspecified atom stereocenters. The summed E-state index contributed by atoms with van der Waals surface area (Å²) in [4.78, 5) is 20.0. The number of hydrogen-bond donors (Lipinski definition) is 1. The highest BCUT2D eigenvalue weighted by molar-refractivity contribution is 7.13. The lowest BCUT2D eigenvalue weighted by Crippen LogP contribution is -2.08. The quantitative estimate of drug-likeness (QED) is 0.731. The molecule has 0 aliphatic heterocycles. The van der Waals surface area contributed by atoms with Crippen LogP contribution in [0.2, 0.25) is 5.02 Å². The zero-order chi connectivity index (χ0) is 11.8. The van der Waals surface area contributed by atoms with E-state index in [-0.39, 0.29) is 5.56 Å². The number of nitrogens with one attached hydrogen (secondary N) is 1. The van der Waals surface area contributed by atoms with Gasteiger partial charge in [0.1, 0.15) is 0 Å². The highest BCUT2D eigenvalue weighted by Gasteiger charge is 2.06. The van der Waals surface area contributed by atoms with Crippen LogP contribution < -0.4 is 5.56 Å². The minimum Gasteiger partial charge on any atom is -0.305 e. The molecule has 0 fully saturated rings. The average Bonchev–Trinajstić information content (AvgIpc) is 2.81. The van der Waals surface area contributed by atoms with Gasteiger partial charge in [-0.05, 0) is 29.6 Å². The second kappa shape index (κ2) is 3.98. The molecule has 1 aromatic carbocycles. The van der Waals surface area contributed by atoms with Crippen LogP contribution in [0.25, 0.3) is 21.6 Å². The number of H-pyrrole nitrogens is 1. The number of halogens is 1. The Kier molecular flexibility index (Phi) is 2.46. The molecule has 0 aliphatic rings. The summed E-state index contributed by atoms with van der Waals surface area (Å²) >= 11 is 7.43. The monoisotopic (exact) mass is 262 g/mol. The normalized spacial score (nSPS) is 10.9. The Balaban J connectivity index is 2.33. The van der Waals surface area contributed by atoms with Crippen LogP contribution in [-0.2, 0) is 0 Å². The highest BCUT2D eigenvalue weighted by atomic mass is 35.5. The Morgan fingerprint density at radius 3 is 2.94 bits per heavy atom. The van der Waals surface area contributed by atoms with Gasteiger partial charge in [-0.3, -0.25) is 4.79 Å². The third-order valence-electron chi connectivity index (χ3n) is 2.42. The Hall–Kier alpha value is -1.65. The van der Waals surface area contributed by atoms with E-state index < -0.39 is 0 Å². The van der Waals surface area contributed by atoms with Gasteiger partial charge in [0.25, 0.3) is 5.56 Å². The summed E-state index contributed by atoms with van der Waals surface area (Å²) in [6.07, 6.45) is 0. The van der Waals surface area contributed by atoms with Crippen molar-refractivity contribution in [1.29, 1.82) is 0 Å². The Labute approximate surface area is 106 Å². The summed E-state index contributed by atoms with van der Waals surface area (Å²) in [7, 11) is 0. The first-order chi connectivity index (χ1) is 8.24. The molecule has 0 bridgehead atoms. The van der Waals surface area contributed by atoms with Gasteiger partial charge in [0.2, 0.25) is 0 Å². The van der Waals surface area contributed by atoms with Gasteiger partial charge in [0.05, 0.1) is 15.8 Å². The zero-order valence-corrected chi connectivity index (χ0v) is 10.2. The molecule has 1 N–H and O–H groups in total. The number of benzene rings is 1. The van der Waals surface area contributed by atoms with E-state index in [1.54, 1.807) is 18.2 Å². The van der Waals surface area contributed by atoms with Gasteiger partial charge in [0, 0.05) is 5.02 Å². The van der Waals surface area contributed by atoms with Gasteiger partial charge in [-0.2, -0.15) is 0 Å². The minimum absolute atomic E-state index is 0.143. The fourth-order valence-electron chi connectivity index (χ4n) is 1.64. The van der Waals surface area contributed by atoms with E-state index in [4.69, 9.17) is 11.6 Å². The summed E-state index contributed by atoms with van der Waals surface area (Å²) in [5.74, 6) is 0.583. The van der Waals surface area contributed by atoms with Crippen LogP contribution in [-0.4, -0.2) is 9.97 Å². The molecule has 17 heavy (non-hydrogen) atoms. The lowest BCUT2D eigenvalue weighted by molar-refractivity contribution is 1.19. The number of aromatic nitrogens is 2.